The van der Waals surface area contributed by atoms with Crippen molar-refractivity contribution in [2.45, 2.75) is 46.4 Å². The van der Waals surface area contributed by atoms with Gasteiger partial charge in [-0.3, -0.25) is 4.79 Å². The van der Waals surface area contributed by atoms with Gasteiger partial charge in [0.2, 0.25) is 36.0 Å². The molecular weight excluding hydrogens is 613 g/mol. The highest BCUT2D eigenvalue weighted by Gasteiger charge is 2.43. The third kappa shape index (κ3) is 6.69. The molecule has 1 amide bonds. The van der Waals surface area contributed by atoms with E-state index in [0.717, 1.165) is 34.3 Å². The Morgan fingerprint density at radius 1 is 0.558 bits per heavy atom. The molecule has 1 N–H and O–H groups in total. The van der Waals surface area contributed by atoms with Gasteiger partial charge in [0.05, 0.1) is 14.7 Å². The number of nitrogens with one attached hydrogen (secondary N) is 1. The molecule has 2 aliphatic heterocycles. The molecule has 5 rings (SSSR count). The van der Waals surface area contributed by atoms with Crippen LogP contribution in [0.15, 0.2) is 99.6 Å². The zero-order valence-corrected chi connectivity index (χ0v) is 25.9. The van der Waals surface area contributed by atoms with E-state index in [1.54, 1.807) is 36.4 Å². The number of amides is 1. The van der Waals surface area contributed by atoms with Crippen molar-refractivity contribution in [3.05, 3.63) is 84.9 Å². The lowest BCUT2D eigenvalue weighted by Gasteiger charge is -2.38. The molecule has 14 heteroatoms. The summed E-state index contributed by atoms with van der Waals surface area (Å²) in [6, 6.07) is 19.7. The maximum Gasteiger partial charge on any atom is 0.244 e. The van der Waals surface area contributed by atoms with Crippen molar-refractivity contribution in [2.24, 2.45) is 0 Å². The zero-order valence-electron chi connectivity index (χ0n) is 23.4. The van der Waals surface area contributed by atoms with E-state index in [1.165, 1.54) is 52.8 Å². The fourth-order valence-corrected chi connectivity index (χ4v) is 9.86. The summed E-state index contributed by atoms with van der Waals surface area (Å²) in [5.41, 5.74) is 0.250. The Kier molecular flexibility index (Phi) is 9.34. The SMILES string of the molecule is O=C(Nc1ccc(S(=O)(=O)N2CCCCCC2)cc1)[C@H]1CN(S(=O)(=O)c2ccccc2)CCN1S(=O)(=O)c1ccccc1. The van der Waals surface area contributed by atoms with E-state index in [9.17, 15) is 30.0 Å². The van der Waals surface area contributed by atoms with E-state index in [0.29, 0.717) is 13.1 Å². The summed E-state index contributed by atoms with van der Waals surface area (Å²) in [5.74, 6) is -0.740. The number of carbonyl (C=O) groups excluding carboxylic acids is 1. The van der Waals surface area contributed by atoms with Crippen molar-refractivity contribution in [2.75, 3.05) is 38.0 Å². The second-order valence-electron chi connectivity index (χ2n) is 10.5. The van der Waals surface area contributed by atoms with Gasteiger partial charge >= 0.3 is 0 Å². The standard InChI is InChI=1S/C29H34N4O7S3/c34-29(30-24-15-17-27(18-16-24)41(35,36)31-19-9-1-2-10-20-31)28-23-32(42(37,38)25-11-5-3-6-12-25)21-22-33(28)43(39,40)26-13-7-4-8-14-26/h3-8,11-18,28H,1-2,9-10,19-23H2,(H,30,34)/t28-/m1/s1. The van der Waals surface area contributed by atoms with Gasteiger partial charge in [-0.2, -0.15) is 12.9 Å². The lowest BCUT2D eigenvalue weighted by molar-refractivity contribution is -0.120. The van der Waals surface area contributed by atoms with E-state index in [-0.39, 0.29) is 33.5 Å². The number of rotatable bonds is 8. The minimum atomic E-state index is -4.16. The Labute approximate surface area is 253 Å². The van der Waals surface area contributed by atoms with Gasteiger partial charge in [0.1, 0.15) is 6.04 Å². The van der Waals surface area contributed by atoms with Crippen molar-refractivity contribution in [3.8, 4) is 0 Å². The Morgan fingerprint density at radius 2 is 1.05 bits per heavy atom. The maximum atomic E-state index is 13.7. The van der Waals surface area contributed by atoms with Crippen LogP contribution in [0.4, 0.5) is 5.69 Å². The van der Waals surface area contributed by atoms with Crippen LogP contribution in [0.3, 0.4) is 0 Å². The van der Waals surface area contributed by atoms with E-state index in [4.69, 9.17) is 0 Å². The minimum Gasteiger partial charge on any atom is -0.325 e. The van der Waals surface area contributed by atoms with Crippen LogP contribution in [0.5, 0.6) is 0 Å². The molecule has 2 heterocycles. The van der Waals surface area contributed by atoms with Crippen LogP contribution >= 0.6 is 0 Å². The summed E-state index contributed by atoms with van der Waals surface area (Å²) in [6.45, 7) is 0.119. The first-order valence-corrected chi connectivity index (χ1v) is 18.4. The second-order valence-corrected chi connectivity index (χ2v) is 16.2. The molecule has 0 spiro atoms. The first-order chi connectivity index (χ1) is 20.5. The second kappa shape index (κ2) is 12.8. The fraction of sp³-hybridized carbons (Fsp3) is 0.345. The van der Waals surface area contributed by atoms with Crippen LogP contribution in [-0.2, 0) is 34.9 Å². The van der Waals surface area contributed by atoms with Gasteiger partial charge in [-0.05, 0) is 61.4 Å². The molecule has 0 aliphatic carbocycles. The normalized spacial score (nSPS) is 19.9. The molecule has 1 atom stereocenters. The number of hydrogen-bond acceptors (Lipinski definition) is 7. The Hall–Kier alpha value is -3.14. The molecule has 0 bridgehead atoms. The molecule has 0 saturated carbocycles. The Balaban J connectivity index is 1.40. The number of piperazine rings is 1. The molecule has 0 radical (unpaired) electrons. The smallest absolute Gasteiger partial charge is 0.244 e. The summed E-state index contributed by atoms with van der Waals surface area (Å²) >= 11 is 0. The lowest BCUT2D eigenvalue weighted by Crippen LogP contribution is -2.60. The van der Waals surface area contributed by atoms with Crippen molar-refractivity contribution < 1.29 is 30.0 Å². The third-order valence-corrected chi connectivity index (χ3v) is 13.4. The summed E-state index contributed by atoms with van der Waals surface area (Å²) in [4.78, 5) is 13.8. The predicted molar refractivity (Wildman–Crippen MR) is 162 cm³/mol. The molecule has 11 nitrogen and oxygen atoms in total. The highest BCUT2D eigenvalue weighted by Crippen LogP contribution is 2.27. The number of anilines is 1. The zero-order chi connectivity index (χ0) is 30.7. The van der Waals surface area contributed by atoms with E-state index in [2.05, 4.69) is 5.32 Å². The number of hydrogen-bond donors (Lipinski definition) is 1. The maximum absolute atomic E-state index is 13.7. The van der Waals surface area contributed by atoms with Gasteiger partial charge in [-0.1, -0.05) is 49.2 Å². The van der Waals surface area contributed by atoms with Crippen molar-refractivity contribution >= 4 is 41.7 Å². The molecule has 0 aromatic heterocycles. The van der Waals surface area contributed by atoms with Crippen molar-refractivity contribution in [1.29, 1.82) is 0 Å². The third-order valence-electron chi connectivity index (χ3n) is 7.65. The first-order valence-electron chi connectivity index (χ1n) is 14.0. The number of benzene rings is 3. The molecule has 230 valence electrons. The molecule has 43 heavy (non-hydrogen) atoms. The number of nitrogens with zero attached hydrogens (tertiary/aromatic N) is 3. The van der Waals surface area contributed by atoms with E-state index < -0.39 is 48.6 Å². The molecule has 0 unspecified atom stereocenters. The van der Waals surface area contributed by atoms with E-state index >= 15 is 0 Å². The monoisotopic (exact) mass is 646 g/mol. The quantitative estimate of drug-likeness (QED) is 0.397. The van der Waals surface area contributed by atoms with Crippen LogP contribution < -0.4 is 5.32 Å². The van der Waals surface area contributed by atoms with Crippen LogP contribution in [-0.4, -0.2) is 82.8 Å². The van der Waals surface area contributed by atoms with Gasteiger partial charge < -0.3 is 5.32 Å². The highest BCUT2D eigenvalue weighted by molar-refractivity contribution is 7.90. The van der Waals surface area contributed by atoms with Crippen LogP contribution in [0.2, 0.25) is 0 Å². The minimum absolute atomic E-state index is 0.0183. The molecule has 3 aromatic carbocycles. The van der Waals surface area contributed by atoms with Gasteiger partial charge in [0, 0.05) is 38.4 Å². The highest BCUT2D eigenvalue weighted by atomic mass is 32.2. The molecule has 2 aliphatic rings. The Bertz CT molecular complexity index is 1740. The predicted octanol–water partition coefficient (Wildman–Crippen LogP) is 2.95. The van der Waals surface area contributed by atoms with Gasteiger partial charge in [0.25, 0.3) is 0 Å². The largest absolute Gasteiger partial charge is 0.325 e. The lowest BCUT2D eigenvalue weighted by atomic mass is 10.2. The van der Waals surface area contributed by atoms with Gasteiger partial charge in [0.15, 0.2) is 0 Å². The van der Waals surface area contributed by atoms with Crippen molar-refractivity contribution in [1.82, 2.24) is 12.9 Å². The van der Waals surface area contributed by atoms with E-state index in [1.807, 2.05) is 0 Å². The molecular formula is C29H34N4O7S3. The van der Waals surface area contributed by atoms with Crippen LogP contribution in [0, 0.1) is 0 Å². The molecule has 3 aromatic rings. The van der Waals surface area contributed by atoms with Crippen LogP contribution in [0.25, 0.3) is 0 Å². The summed E-state index contributed by atoms with van der Waals surface area (Å²) < 4.78 is 83.9. The summed E-state index contributed by atoms with van der Waals surface area (Å²) in [6.07, 6.45) is 3.57. The fourth-order valence-electron chi connectivity index (χ4n) is 5.30. The Morgan fingerprint density at radius 3 is 1.60 bits per heavy atom. The average molecular weight is 647 g/mol. The molecule has 2 saturated heterocycles. The number of carbonyl (C=O) groups is 1. The van der Waals surface area contributed by atoms with Gasteiger partial charge in [-0.25, -0.2) is 25.3 Å². The van der Waals surface area contributed by atoms with Crippen LogP contribution in [0.1, 0.15) is 25.7 Å². The summed E-state index contributed by atoms with van der Waals surface area (Å²) in [7, 11) is -11.9. The van der Waals surface area contributed by atoms with Gasteiger partial charge in [-0.15, -0.1) is 0 Å². The van der Waals surface area contributed by atoms with Crippen molar-refractivity contribution in [3.63, 3.8) is 0 Å². The topological polar surface area (TPSA) is 141 Å². The average Bonchev–Trinajstić information content (AvgIpc) is 3.32. The molecule has 2 fully saturated rings. The summed E-state index contributed by atoms with van der Waals surface area (Å²) in [5, 5.41) is 2.67. The number of sulfonamides is 3. The first kappa shape index (κ1) is 31.3.